The highest BCUT2D eigenvalue weighted by Crippen LogP contribution is 2.33. The summed E-state index contributed by atoms with van der Waals surface area (Å²) in [5.41, 5.74) is 0. The highest BCUT2D eigenvalue weighted by molar-refractivity contribution is 4.89. The van der Waals surface area contributed by atoms with Crippen LogP contribution in [0.25, 0.3) is 0 Å². The topological polar surface area (TPSA) is 15.3 Å². The van der Waals surface area contributed by atoms with Crippen LogP contribution in [-0.2, 0) is 0 Å². The Balaban J connectivity index is 1.51. The molecule has 2 rings (SSSR count). The summed E-state index contributed by atoms with van der Waals surface area (Å²) in [5, 5.41) is 3.76. The highest BCUT2D eigenvalue weighted by Gasteiger charge is 2.32. The van der Waals surface area contributed by atoms with Gasteiger partial charge in [0.2, 0.25) is 0 Å². The Morgan fingerprint density at radius 2 is 1.74 bits per heavy atom. The molecule has 0 radical (unpaired) electrons. The largest absolute Gasteiger partial charge is 0.312 e. The zero-order valence-corrected chi connectivity index (χ0v) is 13.0. The lowest BCUT2D eigenvalue weighted by Crippen LogP contribution is -2.39. The molecule has 1 aliphatic carbocycles. The third-order valence-corrected chi connectivity index (χ3v) is 4.78. The van der Waals surface area contributed by atoms with Crippen molar-refractivity contribution in [3.8, 4) is 0 Å². The van der Waals surface area contributed by atoms with Gasteiger partial charge >= 0.3 is 0 Å². The second-order valence-electron chi connectivity index (χ2n) is 6.67. The van der Waals surface area contributed by atoms with E-state index in [1.807, 2.05) is 0 Å². The number of nitrogens with zero attached hydrogens (tertiary/aromatic N) is 1. The first-order chi connectivity index (χ1) is 9.40. The summed E-state index contributed by atoms with van der Waals surface area (Å²) in [5.74, 6) is 1.01. The van der Waals surface area contributed by atoms with Crippen molar-refractivity contribution in [2.45, 2.75) is 77.2 Å². The van der Waals surface area contributed by atoms with Gasteiger partial charge in [0, 0.05) is 12.6 Å². The van der Waals surface area contributed by atoms with Crippen molar-refractivity contribution < 1.29 is 0 Å². The van der Waals surface area contributed by atoms with E-state index in [4.69, 9.17) is 0 Å². The minimum atomic E-state index is 0.812. The van der Waals surface area contributed by atoms with Crippen LogP contribution in [0.1, 0.15) is 71.1 Å². The molecule has 2 nitrogen and oxygen atoms in total. The Morgan fingerprint density at radius 1 is 1.00 bits per heavy atom. The summed E-state index contributed by atoms with van der Waals surface area (Å²) in [7, 11) is 0. The van der Waals surface area contributed by atoms with Crippen LogP contribution in [0.2, 0.25) is 0 Å². The van der Waals surface area contributed by atoms with Crippen molar-refractivity contribution in [3.05, 3.63) is 0 Å². The molecule has 0 bridgehead atoms. The molecule has 0 aromatic rings. The van der Waals surface area contributed by atoms with Crippen LogP contribution < -0.4 is 5.32 Å². The zero-order valence-electron chi connectivity index (χ0n) is 13.0. The molecule has 1 unspecified atom stereocenters. The van der Waals surface area contributed by atoms with Gasteiger partial charge in [-0.15, -0.1) is 0 Å². The van der Waals surface area contributed by atoms with Crippen LogP contribution in [0, 0.1) is 5.92 Å². The first-order valence-electron chi connectivity index (χ1n) is 8.86. The van der Waals surface area contributed by atoms with Gasteiger partial charge in [0.1, 0.15) is 0 Å². The summed E-state index contributed by atoms with van der Waals surface area (Å²) in [6, 6.07) is 0.812. The summed E-state index contributed by atoms with van der Waals surface area (Å²) in [4.78, 5) is 2.73. The molecule has 1 atom stereocenters. The van der Waals surface area contributed by atoms with Crippen LogP contribution >= 0.6 is 0 Å². The maximum Gasteiger partial charge on any atom is 0.0223 e. The number of unbranched alkanes of at least 4 members (excludes halogenated alkanes) is 6. The first-order valence-corrected chi connectivity index (χ1v) is 8.86. The average Bonchev–Trinajstić information content (AvgIpc) is 3.24. The molecule has 19 heavy (non-hydrogen) atoms. The van der Waals surface area contributed by atoms with E-state index in [0.29, 0.717) is 0 Å². The quantitative estimate of drug-likeness (QED) is 0.638. The van der Waals surface area contributed by atoms with Gasteiger partial charge in [0.15, 0.2) is 0 Å². The average molecular weight is 266 g/mol. The van der Waals surface area contributed by atoms with Gasteiger partial charge in [-0.1, -0.05) is 45.4 Å². The van der Waals surface area contributed by atoms with Crippen LogP contribution in [0.15, 0.2) is 0 Å². The Hall–Kier alpha value is -0.0800. The Labute approximate surface area is 120 Å². The summed E-state index contributed by atoms with van der Waals surface area (Å²) >= 11 is 0. The summed E-state index contributed by atoms with van der Waals surface area (Å²) in [6.07, 6.45) is 14.3. The standard InChI is InChI=1S/C17H34N2/c1-2-3-4-5-6-7-8-13-19-14-9-12-18-17(15-19)16-10-11-16/h16-18H,2-15H2,1H3. The molecule has 0 spiro atoms. The van der Waals surface area contributed by atoms with Crippen LogP contribution in [0.4, 0.5) is 0 Å². The monoisotopic (exact) mass is 266 g/mol. The maximum absolute atomic E-state index is 3.76. The molecule has 1 saturated heterocycles. The second kappa shape index (κ2) is 8.97. The zero-order chi connectivity index (χ0) is 13.3. The molecule has 1 saturated carbocycles. The van der Waals surface area contributed by atoms with E-state index in [-0.39, 0.29) is 0 Å². The van der Waals surface area contributed by atoms with Crippen LogP contribution in [0.3, 0.4) is 0 Å². The first kappa shape index (κ1) is 15.3. The van der Waals surface area contributed by atoms with Crippen molar-refractivity contribution in [3.63, 3.8) is 0 Å². The van der Waals surface area contributed by atoms with Gasteiger partial charge in [0.25, 0.3) is 0 Å². The van der Waals surface area contributed by atoms with Gasteiger partial charge in [-0.3, -0.25) is 0 Å². The number of nitrogens with one attached hydrogen (secondary N) is 1. The molecule has 0 aromatic carbocycles. The van der Waals surface area contributed by atoms with Crippen molar-refractivity contribution in [2.24, 2.45) is 5.92 Å². The number of rotatable bonds is 9. The predicted molar refractivity (Wildman–Crippen MR) is 83.6 cm³/mol. The molecule has 0 aromatic heterocycles. The van der Waals surface area contributed by atoms with Gasteiger partial charge < -0.3 is 10.2 Å². The second-order valence-corrected chi connectivity index (χ2v) is 6.67. The minimum absolute atomic E-state index is 0.812. The number of hydrogen-bond acceptors (Lipinski definition) is 2. The van der Waals surface area contributed by atoms with Gasteiger partial charge in [-0.2, -0.15) is 0 Å². The summed E-state index contributed by atoms with van der Waals surface area (Å²) < 4.78 is 0. The van der Waals surface area contributed by atoms with E-state index in [1.54, 1.807) is 0 Å². The van der Waals surface area contributed by atoms with Crippen LogP contribution in [0.5, 0.6) is 0 Å². The van der Waals surface area contributed by atoms with E-state index >= 15 is 0 Å². The fraction of sp³-hybridized carbons (Fsp3) is 1.00. The number of hydrogen-bond donors (Lipinski definition) is 1. The van der Waals surface area contributed by atoms with E-state index in [9.17, 15) is 0 Å². The third kappa shape index (κ3) is 6.27. The fourth-order valence-electron chi connectivity index (χ4n) is 3.33. The van der Waals surface area contributed by atoms with E-state index in [0.717, 1.165) is 12.0 Å². The molecule has 2 aliphatic rings. The molecule has 2 fully saturated rings. The molecule has 0 amide bonds. The van der Waals surface area contributed by atoms with Crippen LogP contribution in [-0.4, -0.2) is 37.1 Å². The van der Waals surface area contributed by atoms with Crippen molar-refractivity contribution >= 4 is 0 Å². The van der Waals surface area contributed by atoms with Crippen molar-refractivity contribution in [1.82, 2.24) is 10.2 Å². The predicted octanol–water partition coefficient (Wildman–Crippen LogP) is 3.81. The lowest BCUT2D eigenvalue weighted by molar-refractivity contribution is 0.252. The van der Waals surface area contributed by atoms with Crippen molar-refractivity contribution in [1.29, 1.82) is 0 Å². The maximum atomic E-state index is 3.76. The fourth-order valence-corrected chi connectivity index (χ4v) is 3.33. The smallest absolute Gasteiger partial charge is 0.0223 e. The molecule has 1 N–H and O–H groups in total. The third-order valence-electron chi connectivity index (χ3n) is 4.78. The molecular formula is C17H34N2. The van der Waals surface area contributed by atoms with Gasteiger partial charge in [0.05, 0.1) is 0 Å². The lowest BCUT2D eigenvalue weighted by atomic mass is 10.1. The SMILES string of the molecule is CCCCCCCCCN1CCCNC(C2CC2)C1. The van der Waals surface area contributed by atoms with E-state index < -0.39 is 0 Å². The molecule has 112 valence electrons. The summed E-state index contributed by atoms with van der Waals surface area (Å²) in [6.45, 7) is 7.53. The normalized spacial score (nSPS) is 25.4. The Kier molecular flexibility index (Phi) is 7.23. The Bertz CT molecular complexity index is 225. The van der Waals surface area contributed by atoms with Gasteiger partial charge in [-0.25, -0.2) is 0 Å². The highest BCUT2D eigenvalue weighted by atomic mass is 15.2. The molecule has 1 heterocycles. The lowest BCUT2D eigenvalue weighted by Gasteiger charge is -2.24. The molecule has 2 heteroatoms. The van der Waals surface area contributed by atoms with Crippen molar-refractivity contribution in [2.75, 3.05) is 26.2 Å². The molecular weight excluding hydrogens is 232 g/mol. The van der Waals surface area contributed by atoms with Gasteiger partial charge in [-0.05, 0) is 51.2 Å². The van der Waals surface area contributed by atoms with E-state index in [2.05, 4.69) is 17.1 Å². The minimum Gasteiger partial charge on any atom is -0.312 e. The van der Waals surface area contributed by atoms with E-state index in [1.165, 1.54) is 90.4 Å². The molecule has 1 aliphatic heterocycles. The Morgan fingerprint density at radius 3 is 2.47 bits per heavy atom.